The summed E-state index contributed by atoms with van der Waals surface area (Å²) >= 11 is 0. The molecule has 22 heavy (non-hydrogen) atoms. The van der Waals surface area contributed by atoms with Gasteiger partial charge in [-0.05, 0) is 32.1 Å². The van der Waals surface area contributed by atoms with Gasteiger partial charge < -0.3 is 24.4 Å². The number of cyclic esters (lactones) is 1. The fraction of sp³-hybridized carbons (Fsp3) is 0.867. The Balaban J connectivity index is 1.88. The number of rotatable bonds is 0. The summed E-state index contributed by atoms with van der Waals surface area (Å²) in [5.41, 5.74) is -5.09. The van der Waals surface area contributed by atoms with Crippen LogP contribution in [0.15, 0.2) is 0 Å². The van der Waals surface area contributed by atoms with Crippen molar-refractivity contribution in [3.05, 3.63) is 0 Å². The molecule has 2 bridgehead atoms. The van der Waals surface area contributed by atoms with E-state index in [2.05, 4.69) is 0 Å². The number of esters is 2. The molecule has 0 aromatic rings. The Labute approximate surface area is 126 Å². The summed E-state index contributed by atoms with van der Waals surface area (Å²) in [4.78, 5) is 24.7. The summed E-state index contributed by atoms with van der Waals surface area (Å²) in [6, 6.07) is 0. The normalized spacial score (nSPS) is 64.4. The monoisotopic (exact) mass is 310 g/mol. The molecule has 0 unspecified atom stereocenters. The van der Waals surface area contributed by atoms with E-state index < -0.39 is 45.9 Å². The van der Waals surface area contributed by atoms with Crippen molar-refractivity contribution in [2.45, 2.75) is 56.2 Å². The van der Waals surface area contributed by atoms with E-state index in [0.29, 0.717) is 6.42 Å². The van der Waals surface area contributed by atoms with Crippen LogP contribution < -0.4 is 0 Å². The van der Waals surface area contributed by atoms with Gasteiger partial charge in [0.25, 0.3) is 5.79 Å². The molecular weight excluding hydrogens is 292 g/mol. The van der Waals surface area contributed by atoms with Crippen molar-refractivity contribution < 1.29 is 34.0 Å². The van der Waals surface area contributed by atoms with E-state index in [1.54, 1.807) is 6.92 Å². The molecule has 0 radical (unpaired) electrons. The number of hydrogen-bond donors (Lipinski definition) is 2. The van der Waals surface area contributed by atoms with Crippen LogP contribution in [0.25, 0.3) is 0 Å². The second kappa shape index (κ2) is 3.07. The first-order valence-electron chi connectivity index (χ1n) is 7.73. The van der Waals surface area contributed by atoms with E-state index in [1.807, 2.05) is 6.92 Å². The van der Waals surface area contributed by atoms with Crippen molar-refractivity contribution in [3.8, 4) is 0 Å². The standard InChI is InChI=1S/C15H18O7/c1-7-3-4-13-11(2)6-20-9(16)14(11,18)8-5-12(7,13)15(19,21-8)10(17)22-13/h7-8,18-19H,3-6H2,1-2H3/t7-,8+,11+,12-,13-,14-,15-/m1/s1. The topological polar surface area (TPSA) is 102 Å². The van der Waals surface area contributed by atoms with Crippen LogP contribution in [0.3, 0.4) is 0 Å². The Hall–Kier alpha value is -1.18. The summed E-state index contributed by atoms with van der Waals surface area (Å²) in [6.45, 7) is 3.64. The highest BCUT2D eigenvalue weighted by molar-refractivity contribution is 5.89. The molecule has 2 N–H and O–H groups in total. The Kier molecular flexibility index (Phi) is 1.85. The second-order valence-corrected chi connectivity index (χ2v) is 7.76. The van der Waals surface area contributed by atoms with Gasteiger partial charge in [-0.1, -0.05) is 6.92 Å². The average Bonchev–Trinajstić information content (AvgIpc) is 3.07. The van der Waals surface area contributed by atoms with E-state index in [1.165, 1.54) is 0 Å². The van der Waals surface area contributed by atoms with Gasteiger partial charge in [0.1, 0.15) is 18.3 Å². The van der Waals surface area contributed by atoms with Crippen molar-refractivity contribution in [2.24, 2.45) is 16.7 Å². The molecule has 0 aromatic heterocycles. The summed E-state index contributed by atoms with van der Waals surface area (Å²) in [5, 5.41) is 22.2. The zero-order valence-corrected chi connectivity index (χ0v) is 12.4. The minimum absolute atomic E-state index is 0.0222. The summed E-state index contributed by atoms with van der Waals surface area (Å²) < 4.78 is 16.5. The SMILES string of the molecule is C[C@@H]1CC[C@]23OC(=O)[C@@]4(O)O[C@@H](C[C@@]124)[C@@]1(O)C(=O)OC[C@@]31C. The molecule has 1 spiro atoms. The summed E-state index contributed by atoms with van der Waals surface area (Å²) in [5.74, 6) is -3.67. The van der Waals surface area contributed by atoms with Crippen molar-refractivity contribution in [1.29, 1.82) is 0 Å². The number of aliphatic hydroxyl groups is 2. The van der Waals surface area contributed by atoms with Crippen molar-refractivity contribution in [1.82, 2.24) is 0 Å². The Bertz CT molecular complexity index is 648. The summed E-state index contributed by atoms with van der Waals surface area (Å²) in [7, 11) is 0. The highest BCUT2D eigenvalue weighted by Crippen LogP contribution is 2.79. The Morgan fingerprint density at radius 2 is 1.95 bits per heavy atom. The molecule has 3 heterocycles. The fourth-order valence-electron chi connectivity index (χ4n) is 6.32. The lowest BCUT2D eigenvalue weighted by atomic mass is 9.47. The highest BCUT2D eigenvalue weighted by Gasteiger charge is 2.95. The average molecular weight is 310 g/mol. The van der Waals surface area contributed by atoms with E-state index in [-0.39, 0.29) is 18.9 Å². The maximum Gasteiger partial charge on any atom is 0.368 e. The third kappa shape index (κ3) is 0.811. The van der Waals surface area contributed by atoms with E-state index in [9.17, 15) is 19.8 Å². The fourth-order valence-corrected chi connectivity index (χ4v) is 6.32. The van der Waals surface area contributed by atoms with Crippen LogP contribution in [-0.2, 0) is 23.8 Å². The minimum Gasteiger partial charge on any atom is -0.463 e. The van der Waals surface area contributed by atoms with Gasteiger partial charge in [0.15, 0.2) is 0 Å². The molecular formula is C15H18O7. The van der Waals surface area contributed by atoms with Crippen LogP contribution in [-0.4, -0.2) is 51.9 Å². The highest BCUT2D eigenvalue weighted by atomic mass is 16.7. The smallest absolute Gasteiger partial charge is 0.368 e. The molecule has 7 atom stereocenters. The molecule has 3 saturated heterocycles. The first kappa shape index (κ1) is 13.3. The molecule has 2 aliphatic carbocycles. The van der Waals surface area contributed by atoms with Crippen LogP contribution in [0, 0.1) is 16.7 Å². The van der Waals surface area contributed by atoms with Crippen LogP contribution in [0.5, 0.6) is 0 Å². The predicted octanol–water partition coefficient (Wildman–Crippen LogP) is -0.516. The van der Waals surface area contributed by atoms with Crippen LogP contribution in [0.1, 0.15) is 33.1 Å². The number of fused-ring (bicyclic) bond motifs is 3. The van der Waals surface area contributed by atoms with Crippen molar-refractivity contribution >= 4 is 11.9 Å². The zero-order valence-electron chi connectivity index (χ0n) is 12.4. The molecule has 5 fully saturated rings. The first-order valence-corrected chi connectivity index (χ1v) is 7.73. The predicted molar refractivity (Wildman–Crippen MR) is 68.1 cm³/mol. The molecule has 0 amide bonds. The van der Waals surface area contributed by atoms with E-state index in [0.717, 1.165) is 6.42 Å². The third-order valence-electron chi connectivity index (χ3n) is 7.46. The van der Waals surface area contributed by atoms with Crippen LogP contribution >= 0.6 is 0 Å². The Morgan fingerprint density at radius 3 is 2.68 bits per heavy atom. The third-order valence-corrected chi connectivity index (χ3v) is 7.46. The van der Waals surface area contributed by atoms with Crippen molar-refractivity contribution in [2.75, 3.05) is 6.61 Å². The molecule has 7 nitrogen and oxygen atoms in total. The van der Waals surface area contributed by atoms with Gasteiger partial charge in [-0.15, -0.1) is 0 Å². The maximum absolute atomic E-state index is 12.4. The lowest BCUT2D eigenvalue weighted by Gasteiger charge is -2.56. The second-order valence-electron chi connectivity index (χ2n) is 7.76. The van der Waals surface area contributed by atoms with Crippen LogP contribution in [0.2, 0.25) is 0 Å². The van der Waals surface area contributed by atoms with Gasteiger partial charge in [-0.25, -0.2) is 9.59 Å². The molecule has 5 rings (SSSR count). The number of carbonyl (C=O) groups excluding carboxylic acids is 2. The van der Waals surface area contributed by atoms with E-state index >= 15 is 0 Å². The van der Waals surface area contributed by atoms with Gasteiger partial charge >= 0.3 is 11.9 Å². The Morgan fingerprint density at radius 1 is 1.23 bits per heavy atom. The van der Waals surface area contributed by atoms with Gasteiger partial charge in [-0.2, -0.15) is 0 Å². The zero-order chi connectivity index (χ0) is 15.8. The first-order chi connectivity index (χ1) is 10.2. The molecule has 2 saturated carbocycles. The molecule has 120 valence electrons. The number of hydrogen-bond acceptors (Lipinski definition) is 7. The van der Waals surface area contributed by atoms with E-state index in [4.69, 9.17) is 14.2 Å². The quantitative estimate of drug-likeness (QED) is 0.581. The molecule has 7 heteroatoms. The van der Waals surface area contributed by atoms with Crippen LogP contribution in [0.4, 0.5) is 0 Å². The molecule has 5 aliphatic rings. The molecule has 3 aliphatic heterocycles. The van der Waals surface area contributed by atoms with Gasteiger partial charge in [0.05, 0.1) is 10.8 Å². The molecule has 0 aromatic carbocycles. The lowest BCUT2D eigenvalue weighted by molar-refractivity contribution is -0.257. The van der Waals surface area contributed by atoms with Crippen molar-refractivity contribution in [3.63, 3.8) is 0 Å². The maximum atomic E-state index is 12.4. The van der Waals surface area contributed by atoms with Gasteiger partial charge in [0.2, 0.25) is 5.60 Å². The number of carbonyl (C=O) groups is 2. The lowest BCUT2D eigenvalue weighted by Crippen LogP contribution is -2.72. The number of ether oxygens (including phenoxy) is 3. The van der Waals surface area contributed by atoms with Gasteiger partial charge in [-0.3, -0.25) is 0 Å². The van der Waals surface area contributed by atoms with Gasteiger partial charge in [0, 0.05) is 0 Å². The minimum atomic E-state index is -2.09. The largest absolute Gasteiger partial charge is 0.463 e. The summed E-state index contributed by atoms with van der Waals surface area (Å²) in [6.07, 6.45) is 0.468.